The molecule has 0 bridgehead atoms. The minimum atomic E-state index is 0.161. The fraction of sp³-hybridized carbons (Fsp3) is 0.471. The summed E-state index contributed by atoms with van der Waals surface area (Å²) in [6.45, 7) is 7.28. The number of nitrogens with zero attached hydrogens (tertiary/aromatic N) is 2. The number of nitrogens with two attached hydrogens (primary N) is 1. The van der Waals surface area contributed by atoms with Crippen LogP contribution >= 0.6 is 0 Å². The van der Waals surface area contributed by atoms with Crippen molar-refractivity contribution in [2.45, 2.75) is 46.3 Å². The number of hydrogen-bond donors (Lipinski definition) is 1. The highest BCUT2D eigenvalue weighted by molar-refractivity contribution is 5.72. The van der Waals surface area contributed by atoms with Crippen molar-refractivity contribution in [2.75, 3.05) is 5.73 Å². The lowest BCUT2D eigenvalue weighted by molar-refractivity contribution is 0.242. The van der Waals surface area contributed by atoms with Crippen molar-refractivity contribution >= 4 is 5.82 Å². The number of hydrogen-bond acceptors (Lipinski definition) is 3. The summed E-state index contributed by atoms with van der Waals surface area (Å²) in [7, 11) is 0. The van der Waals surface area contributed by atoms with Crippen LogP contribution in [0.15, 0.2) is 24.3 Å². The van der Waals surface area contributed by atoms with Gasteiger partial charge < -0.3 is 15.0 Å². The first-order valence-corrected chi connectivity index (χ1v) is 7.66. The Kier molecular flexibility index (Phi) is 3.62. The van der Waals surface area contributed by atoms with Gasteiger partial charge in [-0.1, -0.05) is 19.1 Å². The monoisotopic (exact) mass is 285 g/mol. The molecule has 1 aliphatic heterocycles. The lowest BCUT2D eigenvalue weighted by Gasteiger charge is -2.20. The van der Waals surface area contributed by atoms with Crippen LogP contribution in [0.5, 0.6) is 5.75 Å². The van der Waals surface area contributed by atoms with Gasteiger partial charge in [0, 0.05) is 18.5 Å². The topological polar surface area (TPSA) is 53.1 Å². The number of nitrogen functional groups attached to an aromatic ring is 1. The normalized spacial score (nSPS) is 17.8. The molecule has 0 saturated heterocycles. The Morgan fingerprint density at radius 3 is 2.95 bits per heavy atom. The maximum atomic E-state index is 6.33. The third-order valence-corrected chi connectivity index (χ3v) is 3.92. The zero-order chi connectivity index (χ0) is 15.0. The van der Waals surface area contributed by atoms with Crippen LogP contribution in [0, 0.1) is 5.92 Å². The number of anilines is 1. The Bertz CT molecular complexity index is 645. The minimum absolute atomic E-state index is 0.161. The molecule has 112 valence electrons. The molecule has 2 heterocycles. The van der Waals surface area contributed by atoms with E-state index in [1.165, 1.54) is 6.42 Å². The lowest BCUT2D eigenvalue weighted by atomic mass is 10.0. The molecule has 0 amide bonds. The van der Waals surface area contributed by atoms with Gasteiger partial charge in [-0.05, 0) is 38.3 Å². The standard InChI is InChI=1S/C17H23N3O/c1-11(2)21-14-6-4-5-13(9-14)16-17(18)20-10-12(3)7-8-15(20)19-16/h4-6,9,11-12H,7-8,10,18H2,1-3H3. The number of aryl methyl sites for hydroxylation is 1. The van der Waals surface area contributed by atoms with Gasteiger partial charge in [-0.25, -0.2) is 4.98 Å². The van der Waals surface area contributed by atoms with E-state index in [1.54, 1.807) is 0 Å². The predicted octanol–water partition coefficient (Wildman–Crippen LogP) is 3.50. The van der Waals surface area contributed by atoms with Gasteiger partial charge in [-0.3, -0.25) is 0 Å². The summed E-state index contributed by atoms with van der Waals surface area (Å²) in [4.78, 5) is 4.76. The molecule has 1 aliphatic rings. The molecule has 0 spiro atoms. The number of benzene rings is 1. The zero-order valence-corrected chi connectivity index (χ0v) is 13.0. The van der Waals surface area contributed by atoms with Crippen LogP contribution in [0.25, 0.3) is 11.3 Å². The van der Waals surface area contributed by atoms with E-state index < -0.39 is 0 Å². The van der Waals surface area contributed by atoms with E-state index in [2.05, 4.69) is 11.5 Å². The molecule has 1 aromatic carbocycles. The second-order valence-corrected chi connectivity index (χ2v) is 6.21. The van der Waals surface area contributed by atoms with Crippen LogP contribution in [0.1, 0.15) is 33.0 Å². The number of fused-ring (bicyclic) bond motifs is 1. The second-order valence-electron chi connectivity index (χ2n) is 6.21. The molecule has 1 unspecified atom stereocenters. The van der Waals surface area contributed by atoms with Crippen molar-refractivity contribution in [1.29, 1.82) is 0 Å². The predicted molar refractivity (Wildman–Crippen MR) is 85.3 cm³/mol. The summed E-state index contributed by atoms with van der Waals surface area (Å²) in [5.74, 6) is 3.41. The summed E-state index contributed by atoms with van der Waals surface area (Å²) < 4.78 is 7.93. The third kappa shape index (κ3) is 2.75. The van der Waals surface area contributed by atoms with Crippen molar-refractivity contribution in [3.8, 4) is 17.0 Å². The van der Waals surface area contributed by atoms with Crippen LogP contribution in [0.3, 0.4) is 0 Å². The van der Waals surface area contributed by atoms with E-state index >= 15 is 0 Å². The minimum Gasteiger partial charge on any atom is -0.491 e. The average molecular weight is 285 g/mol. The van der Waals surface area contributed by atoms with Gasteiger partial charge in [0.05, 0.1) is 6.10 Å². The molecular weight excluding hydrogens is 262 g/mol. The van der Waals surface area contributed by atoms with Gasteiger partial charge in [-0.15, -0.1) is 0 Å². The Balaban J connectivity index is 1.97. The van der Waals surface area contributed by atoms with Crippen LogP contribution in [-0.4, -0.2) is 15.7 Å². The molecule has 21 heavy (non-hydrogen) atoms. The maximum absolute atomic E-state index is 6.33. The van der Waals surface area contributed by atoms with Crippen LogP contribution in [-0.2, 0) is 13.0 Å². The van der Waals surface area contributed by atoms with Crippen molar-refractivity contribution < 1.29 is 4.74 Å². The van der Waals surface area contributed by atoms with E-state index in [0.717, 1.165) is 41.6 Å². The second kappa shape index (κ2) is 5.43. The summed E-state index contributed by atoms with van der Waals surface area (Å²) >= 11 is 0. The van der Waals surface area contributed by atoms with Crippen molar-refractivity contribution in [3.05, 3.63) is 30.1 Å². The summed E-state index contributed by atoms with van der Waals surface area (Å²) in [6, 6.07) is 8.03. The van der Waals surface area contributed by atoms with Gasteiger partial charge in [0.2, 0.25) is 0 Å². The number of ether oxygens (including phenoxy) is 1. The average Bonchev–Trinajstić information content (AvgIpc) is 2.76. The Hall–Kier alpha value is -1.97. The van der Waals surface area contributed by atoms with Gasteiger partial charge in [0.15, 0.2) is 0 Å². The fourth-order valence-corrected chi connectivity index (χ4v) is 2.89. The first-order chi connectivity index (χ1) is 10.0. The van der Waals surface area contributed by atoms with Crippen molar-refractivity contribution in [2.24, 2.45) is 5.92 Å². The highest BCUT2D eigenvalue weighted by Gasteiger charge is 2.22. The quantitative estimate of drug-likeness (QED) is 0.939. The smallest absolute Gasteiger partial charge is 0.131 e. The van der Waals surface area contributed by atoms with E-state index in [-0.39, 0.29) is 6.10 Å². The largest absolute Gasteiger partial charge is 0.491 e. The molecule has 3 rings (SSSR count). The lowest BCUT2D eigenvalue weighted by Crippen LogP contribution is -2.19. The zero-order valence-electron chi connectivity index (χ0n) is 13.0. The highest BCUT2D eigenvalue weighted by atomic mass is 16.5. The first-order valence-electron chi connectivity index (χ1n) is 7.66. The number of rotatable bonds is 3. The van der Waals surface area contributed by atoms with E-state index in [9.17, 15) is 0 Å². The number of imidazole rings is 1. The summed E-state index contributed by atoms with van der Waals surface area (Å²) in [6.07, 6.45) is 2.36. The summed E-state index contributed by atoms with van der Waals surface area (Å²) in [5.41, 5.74) is 8.24. The van der Waals surface area contributed by atoms with Crippen molar-refractivity contribution in [3.63, 3.8) is 0 Å². The SMILES string of the molecule is CC1CCc2nc(-c3cccc(OC(C)C)c3)c(N)n2C1. The Morgan fingerprint density at radius 2 is 2.19 bits per heavy atom. The molecule has 2 N–H and O–H groups in total. The maximum Gasteiger partial charge on any atom is 0.131 e. The fourth-order valence-electron chi connectivity index (χ4n) is 2.89. The van der Waals surface area contributed by atoms with Crippen LogP contribution in [0.4, 0.5) is 5.82 Å². The molecule has 0 aliphatic carbocycles. The van der Waals surface area contributed by atoms with Gasteiger partial charge in [-0.2, -0.15) is 0 Å². The molecule has 0 saturated carbocycles. The molecule has 1 atom stereocenters. The third-order valence-electron chi connectivity index (χ3n) is 3.92. The van der Waals surface area contributed by atoms with E-state index in [0.29, 0.717) is 5.92 Å². The molecular formula is C17H23N3O. The van der Waals surface area contributed by atoms with E-state index in [4.69, 9.17) is 15.5 Å². The first kappa shape index (κ1) is 14.0. The van der Waals surface area contributed by atoms with Gasteiger partial charge in [0.25, 0.3) is 0 Å². The Labute approximate surface area is 125 Å². The molecule has 1 aromatic heterocycles. The van der Waals surface area contributed by atoms with Gasteiger partial charge in [0.1, 0.15) is 23.1 Å². The summed E-state index contributed by atoms with van der Waals surface area (Å²) in [5, 5.41) is 0. The van der Waals surface area contributed by atoms with Crippen molar-refractivity contribution in [1.82, 2.24) is 9.55 Å². The highest BCUT2D eigenvalue weighted by Crippen LogP contribution is 2.32. The van der Waals surface area contributed by atoms with Crippen LogP contribution in [0.2, 0.25) is 0 Å². The Morgan fingerprint density at radius 1 is 1.38 bits per heavy atom. The molecule has 0 radical (unpaired) electrons. The molecule has 2 aromatic rings. The number of aromatic nitrogens is 2. The van der Waals surface area contributed by atoms with Gasteiger partial charge >= 0.3 is 0 Å². The molecule has 0 fully saturated rings. The van der Waals surface area contributed by atoms with Crippen LogP contribution < -0.4 is 10.5 Å². The molecule has 4 heteroatoms. The molecule has 4 nitrogen and oxygen atoms in total. The van der Waals surface area contributed by atoms with E-state index in [1.807, 2.05) is 38.1 Å².